The molecule has 9 heteroatoms. The molecule has 4 amide bonds. The average molecular weight is 312 g/mol. The van der Waals surface area contributed by atoms with E-state index in [-0.39, 0.29) is 49.9 Å². The maximum Gasteiger partial charge on any atom is 0.317 e. The fourth-order valence-electron chi connectivity index (χ4n) is 2.49. The summed E-state index contributed by atoms with van der Waals surface area (Å²) in [6.45, 7) is 3.06. The number of piperazine rings is 2. The first-order valence-corrected chi connectivity index (χ1v) is 7.28. The summed E-state index contributed by atoms with van der Waals surface area (Å²) in [6.07, 6.45) is 0.0992. The van der Waals surface area contributed by atoms with Crippen molar-refractivity contribution in [3.8, 4) is 0 Å². The van der Waals surface area contributed by atoms with Gasteiger partial charge >= 0.3 is 12.0 Å². The van der Waals surface area contributed by atoms with Crippen molar-refractivity contribution in [2.24, 2.45) is 0 Å². The van der Waals surface area contributed by atoms with Crippen LogP contribution in [0, 0.1) is 0 Å². The van der Waals surface area contributed by atoms with Gasteiger partial charge in [0.2, 0.25) is 11.8 Å². The van der Waals surface area contributed by atoms with Crippen LogP contribution in [0.3, 0.4) is 0 Å². The van der Waals surface area contributed by atoms with Crippen LogP contribution in [0.4, 0.5) is 4.79 Å². The number of hydrogen-bond acceptors (Lipinski definition) is 5. The minimum absolute atomic E-state index is 0.0150. The summed E-state index contributed by atoms with van der Waals surface area (Å²) in [4.78, 5) is 49.7. The first-order chi connectivity index (χ1) is 10.5. The van der Waals surface area contributed by atoms with Crippen molar-refractivity contribution in [2.75, 3.05) is 39.3 Å². The van der Waals surface area contributed by atoms with E-state index in [1.54, 1.807) is 6.92 Å². The summed E-state index contributed by atoms with van der Waals surface area (Å²) < 4.78 is 4.76. The molecule has 9 nitrogen and oxygen atoms in total. The monoisotopic (exact) mass is 312 g/mol. The molecule has 2 N–H and O–H groups in total. The SMILES string of the molecule is CCOC(=O)CCNC(=O)N1CCN2C(=O)CNC(=O)C2C1. The number of nitrogens with one attached hydrogen (secondary N) is 2. The Bertz CT molecular complexity index is 481. The number of carbonyl (C=O) groups is 4. The van der Waals surface area contributed by atoms with Gasteiger partial charge in [0.15, 0.2) is 0 Å². The Kier molecular flexibility index (Phi) is 5.18. The highest BCUT2D eigenvalue weighted by molar-refractivity contribution is 5.95. The smallest absolute Gasteiger partial charge is 0.317 e. The number of esters is 1. The van der Waals surface area contributed by atoms with Crippen LogP contribution in [-0.2, 0) is 19.1 Å². The molecule has 0 aromatic rings. The van der Waals surface area contributed by atoms with Crippen LogP contribution in [-0.4, -0.2) is 79.0 Å². The maximum atomic E-state index is 12.0. The molecule has 0 saturated carbocycles. The molecule has 1 unspecified atom stereocenters. The van der Waals surface area contributed by atoms with E-state index in [9.17, 15) is 19.2 Å². The molecule has 0 aromatic heterocycles. The lowest BCUT2D eigenvalue weighted by molar-refractivity contribution is -0.148. The molecule has 2 heterocycles. The van der Waals surface area contributed by atoms with Gasteiger partial charge in [-0.25, -0.2) is 4.79 Å². The van der Waals surface area contributed by atoms with Gasteiger partial charge in [-0.05, 0) is 6.92 Å². The normalized spacial score (nSPS) is 21.0. The van der Waals surface area contributed by atoms with Crippen molar-refractivity contribution < 1.29 is 23.9 Å². The second-order valence-corrected chi connectivity index (χ2v) is 5.05. The quantitative estimate of drug-likeness (QED) is 0.601. The standard InChI is InChI=1S/C13H20N4O5/c1-2-22-11(19)3-4-14-13(21)16-5-6-17-9(8-16)12(20)15-7-10(17)18/h9H,2-8H2,1H3,(H,14,21)(H,15,20). The zero-order valence-corrected chi connectivity index (χ0v) is 12.5. The number of fused-ring (bicyclic) bond motifs is 1. The highest BCUT2D eigenvalue weighted by Gasteiger charge is 2.39. The van der Waals surface area contributed by atoms with Gasteiger partial charge in [0.1, 0.15) is 6.04 Å². The van der Waals surface area contributed by atoms with Crippen LogP contribution in [0.25, 0.3) is 0 Å². The number of nitrogens with zero attached hydrogens (tertiary/aromatic N) is 2. The molecular weight excluding hydrogens is 292 g/mol. The molecule has 22 heavy (non-hydrogen) atoms. The summed E-state index contributed by atoms with van der Waals surface area (Å²) in [5.74, 6) is -0.750. The molecule has 2 fully saturated rings. The molecule has 122 valence electrons. The van der Waals surface area contributed by atoms with Gasteiger partial charge in [-0.3, -0.25) is 14.4 Å². The minimum Gasteiger partial charge on any atom is -0.466 e. The number of rotatable bonds is 4. The molecule has 0 spiro atoms. The first kappa shape index (κ1) is 16.1. The van der Waals surface area contributed by atoms with Crippen LogP contribution < -0.4 is 10.6 Å². The van der Waals surface area contributed by atoms with Gasteiger partial charge in [0, 0.05) is 19.6 Å². The number of urea groups is 1. The Labute approximate surface area is 127 Å². The third-order valence-electron chi connectivity index (χ3n) is 3.62. The Morgan fingerprint density at radius 2 is 2.14 bits per heavy atom. The Hall–Kier alpha value is -2.32. The van der Waals surface area contributed by atoms with Crippen molar-refractivity contribution >= 4 is 23.8 Å². The molecule has 0 aromatic carbocycles. The van der Waals surface area contributed by atoms with Crippen molar-refractivity contribution in [1.82, 2.24) is 20.4 Å². The number of ether oxygens (including phenoxy) is 1. The molecule has 2 rings (SSSR count). The third kappa shape index (κ3) is 3.66. The summed E-state index contributed by atoms with van der Waals surface area (Å²) in [5, 5.41) is 5.13. The van der Waals surface area contributed by atoms with Crippen LogP contribution in [0.15, 0.2) is 0 Å². The molecule has 0 radical (unpaired) electrons. The lowest BCUT2D eigenvalue weighted by Gasteiger charge is -2.42. The second-order valence-electron chi connectivity index (χ2n) is 5.05. The predicted octanol–water partition coefficient (Wildman–Crippen LogP) is -1.71. The van der Waals surface area contributed by atoms with Crippen LogP contribution >= 0.6 is 0 Å². The summed E-state index contributed by atoms with van der Waals surface area (Å²) in [5.41, 5.74) is 0. The zero-order valence-electron chi connectivity index (χ0n) is 12.5. The van der Waals surface area contributed by atoms with Crippen molar-refractivity contribution in [3.05, 3.63) is 0 Å². The van der Waals surface area contributed by atoms with Crippen molar-refractivity contribution in [2.45, 2.75) is 19.4 Å². The highest BCUT2D eigenvalue weighted by atomic mass is 16.5. The fourth-order valence-corrected chi connectivity index (χ4v) is 2.49. The van der Waals surface area contributed by atoms with E-state index in [2.05, 4.69) is 10.6 Å². The second kappa shape index (κ2) is 7.10. The first-order valence-electron chi connectivity index (χ1n) is 7.28. The molecule has 2 saturated heterocycles. The van der Waals surface area contributed by atoms with E-state index >= 15 is 0 Å². The van der Waals surface area contributed by atoms with E-state index in [1.165, 1.54) is 9.80 Å². The minimum atomic E-state index is -0.634. The Morgan fingerprint density at radius 3 is 2.86 bits per heavy atom. The average Bonchev–Trinajstić information content (AvgIpc) is 2.51. The van der Waals surface area contributed by atoms with Crippen molar-refractivity contribution in [1.29, 1.82) is 0 Å². The number of carbonyl (C=O) groups excluding carboxylic acids is 4. The molecule has 0 bridgehead atoms. The summed E-state index contributed by atoms with van der Waals surface area (Å²) in [6, 6.07) is -0.986. The van der Waals surface area contributed by atoms with Gasteiger partial charge < -0.3 is 25.2 Å². The van der Waals surface area contributed by atoms with Gasteiger partial charge in [-0.2, -0.15) is 0 Å². The molecule has 1 atom stereocenters. The lowest BCUT2D eigenvalue weighted by Crippen LogP contribution is -2.67. The van der Waals surface area contributed by atoms with E-state index < -0.39 is 6.04 Å². The summed E-state index contributed by atoms with van der Waals surface area (Å²) in [7, 11) is 0. The lowest BCUT2D eigenvalue weighted by atomic mass is 10.1. The van der Waals surface area contributed by atoms with Gasteiger partial charge in [0.25, 0.3) is 0 Å². The highest BCUT2D eigenvalue weighted by Crippen LogP contribution is 2.13. The van der Waals surface area contributed by atoms with Crippen LogP contribution in [0.1, 0.15) is 13.3 Å². The van der Waals surface area contributed by atoms with Gasteiger partial charge in [-0.15, -0.1) is 0 Å². The maximum absolute atomic E-state index is 12.0. The van der Waals surface area contributed by atoms with Gasteiger partial charge in [0.05, 0.1) is 26.1 Å². The van der Waals surface area contributed by atoms with E-state index in [4.69, 9.17) is 4.74 Å². The fraction of sp³-hybridized carbons (Fsp3) is 0.692. The van der Waals surface area contributed by atoms with Crippen LogP contribution in [0.2, 0.25) is 0 Å². The molecule has 2 aliphatic heterocycles. The van der Waals surface area contributed by atoms with E-state index in [1.807, 2.05) is 0 Å². The number of hydrogen-bond donors (Lipinski definition) is 2. The molecule has 2 aliphatic rings. The van der Waals surface area contributed by atoms with Crippen LogP contribution in [0.5, 0.6) is 0 Å². The largest absolute Gasteiger partial charge is 0.466 e. The van der Waals surface area contributed by atoms with E-state index in [0.29, 0.717) is 19.7 Å². The third-order valence-corrected chi connectivity index (χ3v) is 3.62. The van der Waals surface area contributed by atoms with Crippen molar-refractivity contribution in [3.63, 3.8) is 0 Å². The number of amides is 4. The van der Waals surface area contributed by atoms with E-state index in [0.717, 1.165) is 0 Å². The Balaban J connectivity index is 1.81. The predicted molar refractivity (Wildman–Crippen MR) is 74.7 cm³/mol. The Morgan fingerprint density at radius 1 is 1.36 bits per heavy atom. The topological polar surface area (TPSA) is 108 Å². The molecule has 0 aliphatic carbocycles. The van der Waals surface area contributed by atoms with Gasteiger partial charge in [-0.1, -0.05) is 0 Å². The zero-order chi connectivity index (χ0) is 16.1. The summed E-state index contributed by atoms with van der Waals surface area (Å²) >= 11 is 0. The molecular formula is C13H20N4O5.